The van der Waals surface area contributed by atoms with Crippen molar-refractivity contribution in [2.45, 2.75) is 38.8 Å². The Morgan fingerprint density at radius 1 is 1.50 bits per heavy atom. The van der Waals surface area contributed by atoms with E-state index in [1.807, 2.05) is 0 Å². The summed E-state index contributed by atoms with van der Waals surface area (Å²) in [5, 5.41) is 12.6. The van der Waals surface area contributed by atoms with Crippen molar-refractivity contribution < 1.29 is 5.11 Å². The van der Waals surface area contributed by atoms with Crippen LogP contribution < -0.4 is 5.32 Å². The molecule has 0 radical (unpaired) electrons. The highest BCUT2D eigenvalue weighted by Crippen LogP contribution is 2.32. The maximum atomic E-state index is 9.38. The molecule has 0 aliphatic heterocycles. The Labute approximate surface area is 62.6 Å². The summed E-state index contributed by atoms with van der Waals surface area (Å²) in [6.07, 6.45) is 2.35. The summed E-state index contributed by atoms with van der Waals surface area (Å²) in [5.41, 5.74) is 0. The van der Waals surface area contributed by atoms with E-state index in [4.69, 9.17) is 0 Å². The van der Waals surface area contributed by atoms with Crippen LogP contribution in [0, 0.1) is 5.92 Å². The Balaban J connectivity index is 2.00. The largest absolute Gasteiger partial charge is 0.392 e. The van der Waals surface area contributed by atoms with Gasteiger partial charge in [0.2, 0.25) is 0 Å². The van der Waals surface area contributed by atoms with Crippen LogP contribution in [-0.2, 0) is 0 Å². The van der Waals surface area contributed by atoms with Gasteiger partial charge in [0.25, 0.3) is 0 Å². The van der Waals surface area contributed by atoms with Gasteiger partial charge in [-0.1, -0.05) is 13.8 Å². The lowest BCUT2D eigenvalue weighted by Crippen LogP contribution is -2.32. The summed E-state index contributed by atoms with van der Waals surface area (Å²) < 4.78 is 0. The third kappa shape index (κ3) is 2.67. The van der Waals surface area contributed by atoms with E-state index < -0.39 is 0 Å². The summed E-state index contributed by atoms with van der Waals surface area (Å²) in [6.45, 7) is 4.96. The van der Waals surface area contributed by atoms with Crippen LogP contribution in [0.4, 0.5) is 0 Å². The van der Waals surface area contributed by atoms with Gasteiger partial charge in [-0.25, -0.2) is 0 Å². The first-order valence-electron chi connectivity index (χ1n) is 4.11. The van der Waals surface area contributed by atoms with Crippen LogP contribution >= 0.6 is 0 Å². The van der Waals surface area contributed by atoms with Crippen LogP contribution in [0.25, 0.3) is 0 Å². The molecule has 2 heteroatoms. The highest BCUT2D eigenvalue weighted by atomic mass is 16.3. The van der Waals surface area contributed by atoms with Crippen molar-refractivity contribution in [1.82, 2.24) is 5.32 Å². The van der Waals surface area contributed by atoms with Crippen LogP contribution in [0.1, 0.15) is 26.7 Å². The van der Waals surface area contributed by atoms with Crippen molar-refractivity contribution in [2.75, 3.05) is 6.54 Å². The molecule has 0 aromatic rings. The zero-order valence-electron chi connectivity index (χ0n) is 6.80. The van der Waals surface area contributed by atoms with Crippen LogP contribution in [0.15, 0.2) is 0 Å². The second kappa shape index (κ2) is 3.35. The minimum Gasteiger partial charge on any atom is -0.392 e. The highest BCUT2D eigenvalue weighted by Gasteiger charge is 2.29. The van der Waals surface area contributed by atoms with Crippen molar-refractivity contribution in [3.05, 3.63) is 0 Å². The van der Waals surface area contributed by atoms with Gasteiger partial charge in [-0.2, -0.15) is 0 Å². The second-order valence-electron chi connectivity index (χ2n) is 3.47. The number of hydrogen-bond acceptors (Lipinski definition) is 2. The topological polar surface area (TPSA) is 32.3 Å². The number of rotatable bonds is 4. The van der Waals surface area contributed by atoms with E-state index in [0.29, 0.717) is 12.0 Å². The zero-order chi connectivity index (χ0) is 7.56. The molecule has 1 unspecified atom stereocenters. The Hall–Kier alpha value is -0.0800. The van der Waals surface area contributed by atoms with Gasteiger partial charge in [-0.3, -0.25) is 0 Å². The van der Waals surface area contributed by atoms with Gasteiger partial charge in [0.1, 0.15) is 0 Å². The monoisotopic (exact) mass is 143 g/mol. The molecule has 0 saturated heterocycles. The van der Waals surface area contributed by atoms with E-state index in [-0.39, 0.29) is 6.10 Å². The van der Waals surface area contributed by atoms with Crippen LogP contribution in [0.2, 0.25) is 0 Å². The molecular weight excluding hydrogens is 126 g/mol. The van der Waals surface area contributed by atoms with Gasteiger partial charge in [-0.05, 0) is 18.8 Å². The van der Waals surface area contributed by atoms with E-state index in [1.54, 1.807) is 0 Å². The first kappa shape index (κ1) is 8.02. The lowest BCUT2D eigenvalue weighted by Gasteiger charge is -2.12. The summed E-state index contributed by atoms with van der Waals surface area (Å²) in [5.74, 6) is 0.603. The molecule has 0 aromatic carbocycles. The minimum atomic E-state index is -0.0950. The lowest BCUT2D eigenvalue weighted by molar-refractivity contribution is 0.146. The number of aliphatic hydroxyl groups excluding tert-OH is 1. The van der Waals surface area contributed by atoms with Gasteiger partial charge >= 0.3 is 0 Å². The zero-order valence-corrected chi connectivity index (χ0v) is 6.80. The van der Waals surface area contributed by atoms with Crippen molar-refractivity contribution in [3.63, 3.8) is 0 Å². The predicted molar refractivity (Wildman–Crippen MR) is 41.9 cm³/mol. The Morgan fingerprint density at radius 2 is 2.10 bits per heavy atom. The highest BCUT2D eigenvalue weighted by molar-refractivity contribution is 4.82. The molecule has 1 aliphatic carbocycles. The van der Waals surface area contributed by atoms with E-state index in [1.165, 1.54) is 12.8 Å². The summed E-state index contributed by atoms with van der Waals surface area (Å²) >= 11 is 0. The average molecular weight is 143 g/mol. The smallest absolute Gasteiger partial charge is 0.0692 e. The molecular formula is C8H17NO. The second-order valence-corrected chi connectivity index (χ2v) is 3.47. The third-order valence-electron chi connectivity index (χ3n) is 1.90. The molecule has 10 heavy (non-hydrogen) atoms. The Bertz CT molecular complexity index is 99.4. The first-order chi connectivity index (χ1) is 4.70. The molecule has 0 heterocycles. The molecule has 1 atom stereocenters. The van der Waals surface area contributed by atoms with Crippen molar-refractivity contribution in [1.29, 1.82) is 0 Å². The summed E-state index contributed by atoms with van der Waals surface area (Å²) in [4.78, 5) is 0. The number of nitrogens with one attached hydrogen (secondary N) is 1. The van der Waals surface area contributed by atoms with Crippen LogP contribution in [0.5, 0.6) is 0 Å². The van der Waals surface area contributed by atoms with Gasteiger partial charge in [0.05, 0.1) is 6.10 Å². The van der Waals surface area contributed by atoms with Crippen LogP contribution in [0.3, 0.4) is 0 Å². The standard InChI is InChI=1S/C8H17NO/c1-6(2)9-5-8(10)7-3-4-7/h6-10H,3-5H2,1-2H3. The van der Waals surface area contributed by atoms with E-state index in [9.17, 15) is 5.11 Å². The molecule has 2 N–H and O–H groups in total. The van der Waals surface area contributed by atoms with Gasteiger partial charge in [0.15, 0.2) is 0 Å². The molecule has 1 rings (SSSR count). The van der Waals surface area contributed by atoms with E-state index in [2.05, 4.69) is 19.2 Å². The average Bonchev–Trinajstić information content (AvgIpc) is 2.63. The molecule has 2 nitrogen and oxygen atoms in total. The van der Waals surface area contributed by atoms with E-state index in [0.717, 1.165) is 6.54 Å². The fourth-order valence-electron chi connectivity index (χ4n) is 1.00. The SMILES string of the molecule is CC(C)NCC(O)C1CC1. The van der Waals surface area contributed by atoms with Gasteiger partial charge in [0, 0.05) is 12.6 Å². The Kier molecular flexibility index (Phi) is 2.69. The molecule has 0 bridgehead atoms. The van der Waals surface area contributed by atoms with Crippen molar-refractivity contribution in [3.8, 4) is 0 Å². The molecule has 1 fully saturated rings. The van der Waals surface area contributed by atoms with E-state index >= 15 is 0 Å². The third-order valence-corrected chi connectivity index (χ3v) is 1.90. The van der Waals surface area contributed by atoms with Gasteiger partial charge < -0.3 is 10.4 Å². The van der Waals surface area contributed by atoms with Crippen molar-refractivity contribution in [2.24, 2.45) is 5.92 Å². The van der Waals surface area contributed by atoms with Crippen molar-refractivity contribution >= 4 is 0 Å². The predicted octanol–water partition coefficient (Wildman–Crippen LogP) is 0.755. The first-order valence-corrected chi connectivity index (χ1v) is 4.11. The lowest BCUT2D eigenvalue weighted by atomic mass is 10.2. The molecule has 0 amide bonds. The molecule has 0 aromatic heterocycles. The summed E-state index contributed by atoms with van der Waals surface area (Å²) in [6, 6.07) is 0.494. The maximum Gasteiger partial charge on any atom is 0.0692 e. The normalized spacial score (nSPS) is 21.6. The quantitative estimate of drug-likeness (QED) is 0.609. The minimum absolute atomic E-state index is 0.0950. The fraction of sp³-hybridized carbons (Fsp3) is 1.00. The molecule has 60 valence electrons. The molecule has 1 saturated carbocycles. The summed E-state index contributed by atoms with van der Waals surface area (Å²) in [7, 11) is 0. The Morgan fingerprint density at radius 3 is 2.50 bits per heavy atom. The maximum absolute atomic E-state index is 9.38. The van der Waals surface area contributed by atoms with Crippen LogP contribution in [-0.4, -0.2) is 23.8 Å². The number of hydrogen-bond donors (Lipinski definition) is 2. The van der Waals surface area contributed by atoms with Gasteiger partial charge in [-0.15, -0.1) is 0 Å². The molecule has 1 aliphatic rings. The molecule has 0 spiro atoms. The fourth-order valence-corrected chi connectivity index (χ4v) is 1.00. The number of aliphatic hydroxyl groups is 1.